The lowest BCUT2D eigenvalue weighted by atomic mass is 10.0. The van der Waals surface area contributed by atoms with Crippen LogP contribution in [0, 0.1) is 11.7 Å². The lowest BCUT2D eigenvalue weighted by Crippen LogP contribution is -2.42. The maximum absolute atomic E-state index is 14.8. The van der Waals surface area contributed by atoms with Crippen LogP contribution in [0.5, 0.6) is 0 Å². The van der Waals surface area contributed by atoms with Gasteiger partial charge in [-0.25, -0.2) is 17.6 Å². The second kappa shape index (κ2) is 13.6. The molecule has 0 aliphatic carbocycles. The maximum atomic E-state index is 14.8. The Balaban J connectivity index is 2.11. The molecule has 0 aliphatic heterocycles. The van der Waals surface area contributed by atoms with Crippen LogP contribution in [0.25, 0.3) is 0 Å². The van der Waals surface area contributed by atoms with Gasteiger partial charge in [0.15, 0.2) is 0 Å². The van der Waals surface area contributed by atoms with Crippen LogP contribution in [0.2, 0.25) is 5.02 Å². The van der Waals surface area contributed by atoms with Crippen molar-refractivity contribution in [3.8, 4) is 0 Å². The first-order valence-electron chi connectivity index (χ1n) is 11.9. The van der Waals surface area contributed by atoms with E-state index in [1.165, 1.54) is 31.4 Å². The highest BCUT2D eigenvalue weighted by molar-refractivity contribution is 7.92. The third-order valence-corrected chi connectivity index (χ3v) is 7.83. The van der Waals surface area contributed by atoms with Crippen molar-refractivity contribution in [2.24, 2.45) is 5.92 Å². The highest BCUT2D eigenvalue weighted by Crippen LogP contribution is 2.32. The van der Waals surface area contributed by atoms with Gasteiger partial charge in [-0.1, -0.05) is 50.1 Å². The molecule has 0 aromatic heterocycles. The fourth-order valence-electron chi connectivity index (χ4n) is 3.90. The van der Waals surface area contributed by atoms with Gasteiger partial charge in [0.2, 0.25) is 5.91 Å². The molecule has 10 heteroatoms. The summed E-state index contributed by atoms with van der Waals surface area (Å²) in [5.74, 6) is -1.28. The van der Waals surface area contributed by atoms with Gasteiger partial charge in [0, 0.05) is 17.5 Å². The number of rotatable bonds is 13. The Morgan fingerprint density at radius 3 is 2.36 bits per heavy atom. The highest BCUT2D eigenvalue weighted by Gasteiger charge is 2.31. The van der Waals surface area contributed by atoms with E-state index in [0.717, 1.165) is 10.4 Å². The zero-order valence-electron chi connectivity index (χ0n) is 21.0. The summed E-state index contributed by atoms with van der Waals surface area (Å²) >= 11 is 6.06. The summed E-state index contributed by atoms with van der Waals surface area (Å²) < 4.78 is 47.6. The van der Waals surface area contributed by atoms with E-state index in [4.69, 9.17) is 16.3 Å². The number of halogens is 2. The summed E-state index contributed by atoms with van der Waals surface area (Å²) in [6, 6.07) is 10.3. The molecule has 0 fully saturated rings. The summed E-state index contributed by atoms with van der Waals surface area (Å²) in [5.41, 5.74) is -0.133. The number of anilines is 1. The second-order valence-electron chi connectivity index (χ2n) is 9.08. The molecule has 2 aromatic carbocycles. The molecule has 0 saturated carbocycles. The van der Waals surface area contributed by atoms with Crippen molar-refractivity contribution in [2.75, 3.05) is 11.4 Å². The molecule has 0 radical (unpaired) electrons. The molecule has 198 valence electrons. The zero-order valence-corrected chi connectivity index (χ0v) is 22.6. The van der Waals surface area contributed by atoms with Gasteiger partial charge < -0.3 is 10.1 Å². The number of sulfonamides is 1. The number of nitrogens with zero attached hydrogens (tertiary/aromatic N) is 1. The van der Waals surface area contributed by atoms with Crippen LogP contribution in [-0.2, 0) is 24.3 Å². The number of esters is 1. The second-order valence-corrected chi connectivity index (χ2v) is 11.3. The average Bonchev–Trinajstić information content (AvgIpc) is 2.83. The number of unbranched alkanes of at least 4 members (excludes halogenated alkanes) is 1. The van der Waals surface area contributed by atoms with Crippen molar-refractivity contribution in [2.45, 2.75) is 69.9 Å². The lowest BCUT2D eigenvalue weighted by molar-refractivity contribution is -0.145. The number of carbonyl (C=O) groups excluding carboxylic acids is 2. The Kier molecular flexibility index (Phi) is 11.2. The van der Waals surface area contributed by atoms with E-state index in [1.807, 2.05) is 13.8 Å². The molecule has 0 heterocycles. The topological polar surface area (TPSA) is 92.8 Å². The van der Waals surface area contributed by atoms with Crippen LogP contribution in [0.3, 0.4) is 0 Å². The van der Waals surface area contributed by atoms with Crippen LogP contribution >= 0.6 is 11.6 Å². The molecule has 0 saturated heterocycles. The predicted molar refractivity (Wildman–Crippen MR) is 139 cm³/mol. The van der Waals surface area contributed by atoms with Gasteiger partial charge in [-0.05, 0) is 62.4 Å². The summed E-state index contributed by atoms with van der Waals surface area (Å²) in [5, 5.41) is 2.92. The van der Waals surface area contributed by atoms with E-state index in [0.29, 0.717) is 25.7 Å². The fraction of sp³-hybridized carbons (Fsp3) is 0.462. The Hall–Kier alpha value is -2.65. The summed E-state index contributed by atoms with van der Waals surface area (Å²) in [6.45, 7) is 5.58. The smallest absolute Gasteiger partial charge is 0.328 e. The minimum absolute atomic E-state index is 0.0367. The van der Waals surface area contributed by atoms with Gasteiger partial charge >= 0.3 is 5.97 Å². The normalized spacial score (nSPS) is 13.2. The van der Waals surface area contributed by atoms with Gasteiger partial charge in [0.1, 0.15) is 11.9 Å². The number of carbonyl (C=O) groups is 2. The predicted octanol–water partition coefficient (Wildman–Crippen LogP) is 5.33. The van der Waals surface area contributed by atoms with E-state index in [2.05, 4.69) is 5.32 Å². The van der Waals surface area contributed by atoms with E-state index < -0.39 is 33.9 Å². The number of nitrogens with one attached hydrogen (secondary N) is 1. The Morgan fingerprint density at radius 1 is 1.08 bits per heavy atom. The first kappa shape index (κ1) is 29.6. The highest BCUT2D eigenvalue weighted by atomic mass is 35.5. The number of methoxy groups -OCH3 is 1. The van der Waals surface area contributed by atoms with Crippen molar-refractivity contribution in [1.29, 1.82) is 0 Å². The molecule has 1 amide bonds. The van der Waals surface area contributed by atoms with E-state index >= 15 is 0 Å². The first-order chi connectivity index (χ1) is 17.0. The fourth-order valence-corrected chi connectivity index (χ4v) is 5.77. The number of ether oxygens (including phenoxy) is 1. The Bertz CT molecular complexity index is 1130. The van der Waals surface area contributed by atoms with Crippen LogP contribution in [0.15, 0.2) is 53.4 Å². The molecule has 2 rings (SSSR count). The lowest BCUT2D eigenvalue weighted by Gasteiger charge is -2.31. The summed E-state index contributed by atoms with van der Waals surface area (Å²) in [6.07, 6.45) is 1.97. The molecule has 0 bridgehead atoms. The standard InChI is InChI=1S/C26H34ClFN2O5S/c1-18(2)16-23(26(32)35-4)29-25(31)13-9-8-10-19(3)30(24-17-20(27)14-15-22(24)28)36(33,34)21-11-6-5-7-12-21/h5-7,11-12,14-15,17-19,23H,8-10,13,16H2,1-4H3,(H,29,31). The molecule has 7 nitrogen and oxygen atoms in total. The van der Waals surface area contributed by atoms with E-state index in [1.54, 1.807) is 25.1 Å². The monoisotopic (exact) mass is 540 g/mol. The SMILES string of the molecule is COC(=O)C(CC(C)C)NC(=O)CCCCC(C)N(c1cc(Cl)ccc1F)S(=O)(=O)c1ccccc1. The van der Waals surface area contributed by atoms with Crippen molar-refractivity contribution < 1.29 is 27.1 Å². The molecule has 36 heavy (non-hydrogen) atoms. The van der Waals surface area contributed by atoms with Crippen LogP contribution < -0.4 is 9.62 Å². The molecule has 0 aliphatic rings. The van der Waals surface area contributed by atoms with Gasteiger partial charge in [-0.2, -0.15) is 0 Å². The van der Waals surface area contributed by atoms with Crippen molar-refractivity contribution >= 4 is 39.2 Å². The van der Waals surface area contributed by atoms with E-state index in [9.17, 15) is 22.4 Å². The van der Waals surface area contributed by atoms with Gasteiger partial charge in [0.25, 0.3) is 10.0 Å². The molecule has 1 N–H and O–H groups in total. The van der Waals surface area contributed by atoms with Crippen molar-refractivity contribution in [3.05, 3.63) is 59.4 Å². The molecular weight excluding hydrogens is 507 g/mol. The first-order valence-corrected chi connectivity index (χ1v) is 13.7. The molecule has 2 aromatic rings. The Morgan fingerprint density at radius 2 is 1.75 bits per heavy atom. The summed E-state index contributed by atoms with van der Waals surface area (Å²) in [4.78, 5) is 24.4. The van der Waals surface area contributed by atoms with Crippen molar-refractivity contribution in [1.82, 2.24) is 5.32 Å². The van der Waals surface area contributed by atoms with Crippen LogP contribution in [0.1, 0.15) is 52.9 Å². The molecular formula is C26H34ClFN2O5S. The number of hydrogen-bond donors (Lipinski definition) is 1. The minimum atomic E-state index is -4.08. The quantitative estimate of drug-likeness (QED) is 0.274. The third kappa shape index (κ3) is 8.20. The number of benzene rings is 2. The van der Waals surface area contributed by atoms with Gasteiger partial charge in [-0.3, -0.25) is 9.10 Å². The average molecular weight is 541 g/mol. The zero-order chi connectivity index (χ0) is 26.9. The van der Waals surface area contributed by atoms with Crippen molar-refractivity contribution in [3.63, 3.8) is 0 Å². The maximum Gasteiger partial charge on any atom is 0.328 e. The Labute approximate surface area is 218 Å². The van der Waals surface area contributed by atoms with E-state index in [-0.39, 0.29) is 33.9 Å². The molecule has 2 unspecified atom stereocenters. The third-order valence-electron chi connectivity index (χ3n) is 5.65. The number of hydrogen-bond acceptors (Lipinski definition) is 5. The van der Waals surface area contributed by atoms with Crippen LogP contribution in [0.4, 0.5) is 10.1 Å². The van der Waals surface area contributed by atoms with Crippen LogP contribution in [-0.4, -0.2) is 39.5 Å². The molecule has 0 spiro atoms. The summed E-state index contributed by atoms with van der Waals surface area (Å²) in [7, 11) is -2.80. The minimum Gasteiger partial charge on any atom is -0.467 e. The largest absolute Gasteiger partial charge is 0.467 e. The number of amides is 1. The molecule has 2 atom stereocenters. The van der Waals surface area contributed by atoms with Gasteiger partial charge in [-0.15, -0.1) is 0 Å². The van der Waals surface area contributed by atoms with Gasteiger partial charge in [0.05, 0.1) is 17.7 Å².